The van der Waals surface area contributed by atoms with Gasteiger partial charge in [0.05, 0.1) is 11.3 Å². The average molecular weight is 329 g/mol. The topological polar surface area (TPSA) is 69.6 Å². The number of benzene rings is 1. The second kappa shape index (κ2) is 6.56. The summed E-state index contributed by atoms with van der Waals surface area (Å²) in [5.74, 6) is -0.734. The highest BCUT2D eigenvalue weighted by atomic mass is 79.9. The first-order chi connectivity index (χ1) is 8.81. The highest BCUT2D eigenvalue weighted by Crippen LogP contribution is 2.21. The summed E-state index contributed by atoms with van der Waals surface area (Å²) in [4.78, 5) is 24.6. The normalized spacial score (nSPS) is 10.4. The van der Waals surface area contributed by atoms with Crippen molar-refractivity contribution >= 4 is 33.6 Å². The van der Waals surface area contributed by atoms with Crippen LogP contribution in [0, 0.1) is 5.92 Å². The maximum absolute atomic E-state index is 11.9. The van der Waals surface area contributed by atoms with Crippen LogP contribution in [0.1, 0.15) is 24.2 Å². The minimum atomic E-state index is -1.08. The summed E-state index contributed by atoms with van der Waals surface area (Å²) < 4.78 is 0.651. The van der Waals surface area contributed by atoms with Gasteiger partial charge in [0.1, 0.15) is 0 Å². The molecule has 0 aromatic heterocycles. The summed E-state index contributed by atoms with van der Waals surface area (Å²) in [6, 6.07) is 4.39. The van der Waals surface area contributed by atoms with Gasteiger partial charge in [0.15, 0.2) is 0 Å². The van der Waals surface area contributed by atoms with Crippen molar-refractivity contribution in [2.24, 2.45) is 5.92 Å². The molecule has 19 heavy (non-hydrogen) atoms. The fourth-order valence-electron chi connectivity index (χ4n) is 1.64. The quantitative estimate of drug-likeness (QED) is 0.891. The van der Waals surface area contributed by atoms with E-state index in [1.54, 1.807) is 19.2 Å². The number of carbonyl (C=O) groups excluding carboxylic acids is 1. The van der Waals surface area contributed by atoms with Crippen LogP contribution in [-0.2, 0) is 0 Å². The minimum Gasteiger partial charge on any atom is -0.478 e. The van der Waals surface area contributed by atoms with Crippen LogP contribution in [0.2, 0.25) is 0 Å². The molecule has 0 unspecified atom stereocenters. The average Bonchev–Trinajstić information content (AvgIpc) is 2.30. The highest BCUT2D eigenvalue weighted by Gasteiger charge is 2.15. The fraction of sp³-hybridized carbons (Fsp3) is 0.385. The number of rotatable bonds is 4. The molecule has 0 aliphatic rings. The lowest BCUT2D eigenvalue weighted by Gasteiger charge is -2.20. The van der Waals surface area contributed by atoms with Crippen LogP contribution in [-0.4, -0.2) is 35.6 Å². The molecule has 0 saturated carbocycles. The van der Waals surface area contributed by atoms with E-state index in [1.807, 2.05) is 13.8 Å². The maximum Gasteiger partial charge on any atom is 0.337 e. The van der Waals surface area contributed by atoms with E-state index < -0.39 is 5.97 Å². The Balaban J connectivity index is 2.87. The zero-order valence-electron chi connectivity index (χ0n) is 11.1. The first-order valence-corrected chi connectivity index (χ1v) is 6.65. The van der Waals surface area contributed by atoms with Crippen molar-refractivity contribution < 1.29 is 14.7 Å². The second-order valence-electron chi connectivity index (χ2n) is 4.70. The van der Waals surface area contributed by atoms with Crippen LogP contribution < -0.4 is 5.32 Å². The molecule has 0 fully saturated rings. The lowest BCUT2D eigenvalue weighted by Crippen LogP contribution is -2.34. The molecule has 0 spiro atoms. The molecule has 104 valence electrons. The van der Waals surface area contributed by atoms with Crippen LogP contribution in [0.25, 0.3) is 0 Å². The summed E-state index contributed by atoms with van der Waals surface area (Å²) in [5.41, 5.74) is 0.344. The van der Waals surface area contributed by atoms with E-state index in [-0.39, 0.29) is 17.3 Å². The number of anilines is 1. The molecule has 0 atom stereocenters. The van der Waals surface area contributed by atoms with E-state index in [1.165, 1.54) is 11.0 Å². The van der Waals surface area contributed by atoms with Gasteiger partial charge in [-0.2, -0.15) is 0 Å². The Morgan fingerprint density at radius 1 is 1.42 bits per heavy atom. The van der Waals surface area contributed by atoms with E-state index >= 15 is 0 Å². The number of carboxylic acid groups (broad SMARTS) is 1. The van der Waals surface area contributed by atoms with Crippen molar-refractivity contribution in [3.63, 3.8) is 0 Å². The molecule has 0 heterocycles. The van der Waals surface area contributed by atoms with Gasteiger partial charge in [-0.3, -0.25) is 0 Å². The lowest BCUT2D eigenvalue weighted by molar-refractivity contribution is 0.0698. The zero-order valence-corrected chi connectivity index (χ0v) is 12.7. The number of halogens is 1. The molecule has 5 nitrogen and oxygen atoms in total. The maximum atomic E-state index is 11.9. The smallest absolute Gasteiger partial charge is 0.337 e. The van der Waals surface area contributed by atoms with Crippen molar-refractivity contribution in [2.75, 3.05) is 18.9 Å². The lowest BCUT2D eigenvalue weighted by atomic mass is 10.2. The summed E-state index contributed by atoms with van der Waals surface area (Å²) in [6.07, 6.45) is 0. The Kier molecular flexibility index (Phi) is 5.35. The SMILES string of the molecule is CC(C)CN(C)C(=O)Nc1ccc(Br)cc1C(=O)O. The van der Waals surface area contributed by atoms with E-state index in [2.05, 4.69) is 21.2 Å². The number of hydrogen-bond donors (Lipinski definition) is 2. The van der Waals surface area contributed by atoms with Gasteiger partial charge in [-0.1, -0.05) is 29.8 Å². The largest absolute Gasteiger partial charge is 0.478 e. The van der Waals surface area contributed by atoms with Crippen molar-refractivity contribution in [3.8, 4) is 0 Å². The molecule has 1 aromatic rings. The Morgan fingerprint density at radius 3 is 2.58 bits per heavy atom. The van der Waals surface area contributed by atoms with Crippen molar-refractivity contribution in [2.45, 2.75) is 13.8 Å². The number of carbonyl (C=O) groups is 2. The monoisotopic (exact) mass is 328 g/mol. The van der Waals surface area contributed by atoms with Crippen LogP contribution in [0.5, 0.6) is 0 Å². The molecule has 1 rings (SSSR count). The predicted octanol–water partition coefficient (Wildman–Crippen LogP) is 3.27. The molecule has 0 aliphatic heterocycles. The summed E-state index contributed by atoms with van der Waals surface area (Å²) in [7, 11) is 1.68. The van der Waals surface area contributed by atoms with Gasteiger partial charge < -0.3 is 15.3 Å². The number of urea groups is 1. The van der Waals surface area contributed by atoms with E-state index in [9.17, 15) is 9.59 Å². The van der Waals surface area contributed by atoms with Gasteiger partial charge in [0.25, 0.3) is 0 Å². The van der Waals surface area contributed by atoms with Gasteiger partial charge in [-0.25, -0.2) is 9.59 Å². The first-order valence-electron chi connectivity index (χ1n) is 5.86. The molecule has 6 heteroatoms. The standard InChI is InChI=1S/C13H17BrN2O3/c1-8(2)7-16(3)13(19)15-11-5-4-9(14)6-10(11)12(17)18/h4-6,8H,7H2,1-3H3,(H,15,19)(H,17,18). The Bertz CT molecular complexity index is 489. The third-order valence-electron chi connectivity index (χ3n) is 2.44. The molecule has 0 aliphatic carbocycles. The van der Waals surface area contributed by atoms with Crippen molar-refractivity contribution in [1.82, 2.24) is 4.90 Å². The number of amides is 2. The Hall–Kier alpha value is -1.56. The van der Waals surface area contributed by atoms with Crippen LogP contribution in [0.4, 0.5) is 10.5 Å². The van der Waals surface area contributed by atoms with Gasteiger partial charge in [-0.05, 0) is 24.1 Å². The highest BCUT2D eigenvalue weighted by molar-refractivity contribution is 9.10. The van der Waals surface area contributed by atoms with Gasteiger partial charge in [-0.15, -0.1) is 0 Å². The fourth-order valence-corrected chi connectivity index (χ4v) is 2.00. The van der Waals surface area contributed by atoms with Crippen molar-refractivity contribution in [1.29, 1.82) is 0 Å². The third-order valence-corrected chi connectivity index (χ3v) is 2.93. The third kappa shape index (κ3) is 4.55. The molecular formula is C13H17BrN2O3. The summed E-state index contributed by atoms with van der Waals surface area (Å²) in [6.45, 7) is 4.61. The van der Waals surface area contributed by atoms with E-state index in [4.69, 9.17) is 5.11 Å². The molecule has 0 saturated heterocycles. The Labute approximate surface area is 120 Å². The number of nitrogens with one attached hydrogen (secondary N) is 1. The Morgan fingerprint density at radius 2 is 2.05 bits per heavy atom. The summed E-state index contributed by atoms with van der Waals surface area (Å²) >= 11 is 3.21. The molecule has 1 aromatic carbocycles. The number of nitrogens with zero attached hydrogens (tertiary/aromatic N) is 1. The number of aromatic carboxylic acids is 1. The number of hydrogen-bond acceptors (Lipinski definition) is 2. The summed E-state index contributed by atoms with van der Waals surface area (Å²) in [5, 5.41) is 11.7. The molecule has 0 bridgehead atoms. The van der Waals surface area contributed by atoms with E-state index in [0.717, 1.165) is 0 Å². The first kappa shape index (κ1) is 15.5. The minimum absolute atomic E-state index is 0.0562. The second-order valence-corrected chi connectivity index (χ2v) is 5.62. The van der Waals surface area contributed by atoms with Crippen LogP contribution >= 0.6 is 15.9 Å². The molecular weight excluding hydrogens is 312 g/mol. The number of carboxylic acids is 1. The molecule has 0 radical (unpaired) electrons. The zero-order chi connectivity index (χ0) is 14.6. The van der Waals surface area contributed by atoms with Gasteiger partial charge in [0, 0.05) is 18.1 Å². The van der Waals surface area contributed by atoms with E-state index in [0.29, 0.717) is 16.9 Å². The van der Waals surface area contributed by atoms with Gasteiger partial charge >= 0.3 is 12.0 Å². The van der Waals surface area contributed by atoms with Gasteiger partial charge in [0.2, 0.25) is 0 Å². The molecule has 2 amide bonds. The van der Waals surface area contributed by atoms with Crippen LogP contribution in [0.15, 0.2) is 22.7 Å². The van der Waals surface area contributed by atoms with Crippen LogP contribution in [0.3, 0.4) is 0 Å². The predicted molar refractivity (Wildman–Crippen MR) is 77.6 cm³/mol. The van der Waals surface area contributed by atoms with Crippen molar-refractivity contribution in [3.05, 3.63) is 28.2 Å². The molecule has 2 N–H and O–H groups in total.